The minimum Gasteiger partial charge on any atom is -0.748 e. The van der Waals surface area contributed by atoms with E-state index in [0.717, 1.165) is 0 Å². The molecular formula is CH3ClNO3S-. The van der Waals surface area contributed by atoms with Crippen LogP contribution in [-0.2, 0) is 15.6 Å². The normalized spacial score (nSPS) is 14.9. The Morgan fingerprint density at radius 1 is 2.00 bits per heavy atom. The molecule has 7 heavy (non-hydrogen) atoms. The van der Waals surface area contributed by atoms with Crippen LogP contribution >= 0.6 is 11.8 Å². The van der Waals surface area contributed by atoms with Crippen LogP contribution in [0.4, 0.5) is 0 Å². The molecule has 0 aromatic rings. The van der Waals surface area contributed by atoms with Crippen LogP contribution in [0.25, 0.3) is 0 Å². The topological polar surface area (TPSA) is 52.6 Å². The van der Waals surface area contributed by atoms with E-state index >= 15 is 0 Å². The fraction of sp³-hybridized carbons (Fsp3) is 1.00. The van der Waals surface area contributed by atoms with Crippen molar-refractivity contribution in [3.05, 3.63) is 0 Å². The highest BCUT2D eigenvalue weighted by molar-refractivity contribution is 7.74. The molecule has 0 amide bonds. The smallest absolute Gasteiger partial charge is 0.107 e. The van der Waals surface area contributed by atoms with Gasteiger partial charge in [-0.2, -0.15) is 4.28 Å². The number of hydrogen-bond donors (Lipinski definition) is 0. The number of nitrogens with zero attached hydrogens (tertiary/aromatic N) is 1. The lowest BCUT2D eigenvalue weighted by molar-refractivity contribution is 0.0732. The van der Waals surface area contributed by atoms with Crippen LogP contribution in [0.3, 0.4) is 0 Å². The molecular weight excluding hydrogens is 142 g/mol. The molecule has 0 aromatic heterocycles. The largest absolute Gasteiger partial charge is 0.748 e. The van der Waals surface area contributed by atoms with Gasteiger partial charge in [0.15, 0.2) is 0 Å². The molecule has 0 aliphatic rings. The highest BCUT2D eigenvalue weighted by Crippen LogP contribution is 1.89. The third-order valence-electron chi connectivity index (χ3n) is 0.164. The summed E-state index contributed by atoms with van der Waals surface area (Å²) in [5.74, 6) is 0. The van der Waals surface area contributed by atoms with Gasteiger partial charge in [0.2, 0.25) is 0 Å². The molecule has 0 spiro atoms. The molecule has 4 nitrogen and oxygen atoms in total. The van der Waals surface area contributed by atoms with Gasteiger partial charge in [-0.05, 0) is 0 Å². The van der Waals surface area contributed by atoms with E-state index in [-0.39, 0.29) is 0 Å². The van der Waals surface area contributed by atoms with Gasteiger partial charge in [-0.15, -0.1) is 0 Å². The number of rotatable bonds is 2. The van der Waals surface area contributed by atoms with E-state index in [1.54, 1.807) is 0 Å². The molecule has 0 aromatic carbocycles. The van der Waals surface area contributed by atoms with Gasteiger partial charge in [0.05, 0.1) is 0 Å². The van der Waals surface area contributed by atoms with Gasteiger partial charge in [0, 0.05) is 18.8 Å². The summed E-state index contributed by atoms with van der Waals surface area (Å²) in [6.45, 7) is 0. The van der Waals surface area contributed by atoms with Crippen molar-refractivity contribution in [2.45, 2.75) is 0 Å². The first kappa shape index (κ1) is 7.32. The minimum absolute atomic E-state index is 0.559. The van der Waals surface area contributed by atoms with Crippen LogP contribution in [0.5, 0.6) is 0 Å². The summed E-state index contributed by atoms with van der Waals surface area (Å²) >= 11 is 2.34. The fourth-order valence-corrected chi connectivity index (χ4v) is 0.390. The zero-order chi connectivity index (χ0) is 5.86. The van der Waals surface area contributed by atoms with Crippen molar-refractivity contribution < 1.29 is 13.0 Å². The predicted octanol–water partition coefficient (Wildman–Crippen LogP) is -0.202. The Balaban J connectivity index is 3.13. The summed E-state index contributed by atoms with van der Waals surface area (Å²) in [5, 5.41) is 0. The van der Waals surface area contributed by atoms with E-state index < -0.39 is 11.4 Å². The van der Waals surface area contributed by atoms with Crippen molar-refractivity contribution in [1.82, 2.24) is 4.58 Å². The SMILES string of the molecule is CN(Cl)OS(=O)[O-]. The van der Waals surface area contributed by atoms with Crippen molar-refractivity contribution >= 4 is 23.1 Å². The summed E-state index contributed by atoms with van der Waals surface area (Å²) in [7, 11) is 1.25. The molecule has 0 fully saturated rings. The molecule has 0 radical (unpaired) electrons. The van der Waals surface area contributed by atoms with Gasteiger partial charge < -0.3 is 4.55 Å². The van der Waals surface area contributed by atoms with Crippen LogP contribution in [-0.4, -0.2) is 20.4 Å². The summed E-state index contributed by atoms with van der Waals surface area (Å²) in [6.07, 6.45) is 0. The van der Waals surface area contributed by atoms with Crippen LogP contribution in [0.1, 0.15) is 0 Å². The molecule has 0 saturated heterocycles. The van der Waals surface area contributed by atoms with Crippen LogP contribution < -0.4 is 0 Å². The van der Waals surface area contributed by atoms with Crippen molar-refractivity contribution in [3.8, 4) is 0 Å². The molecule has 0 aliphatic heterocycles. The van der Waals surface area contributed by atoms with E-state index in [4.69, 9.17) is 11.8 Å². The molecule has 0 N–H and O–H groups in total. The molecule has 0 bridgehead atoms. The third-order valence-corrected chi connectivity index (χ3v) is 0.660. The average molecular weight is 145 g/mol. The van der Waals surface area contributed by atoms with E-state index in [2.05, 4.69) is 4.28 Å². The first-order valence-corrected chi connectivity index (χ1v) is 2.64. The summed E-state index contributed by atoms with van der Waals surface area (Å²) < 4.78 is 23.2. The van der Waals surface area contributed by atoms with Crippen molar-refractivity contribution in [1.29, 1.82) is 0 Å². The Kier molecular flexibility index (Phi) is 3.49. The van der Waals surface area contributed by atoms with Crippen molar-refractivity contribution in [2.75, 3.05) is 7.05 Å². The van der Waals surface area contributed by atoms with Gasteiger partial charge in [-0.1, -0.05) is 4.58 Å². The second-order valence-corrected chi connectivity index (χ2v) is 1.73. The summed E-state index contributed by atoms with van der Waals surface area (Å²) in [6, 6.07) is 0. The maximum absolute atomic E-state index is 9.46. The average Bonchev–Trinajstić information content (AvgIpc) is 1.27. The summed E-state index contributed by atoms with van der Waals surface area (Å²) in [5.41, 5.74) is 0. The number of hydrogen-bond acceptors (Lipinski definition) is 4. The number of hydroxylamine groups is 1. The molecule has 44 valence electrons. The van der Waals surface area contributed by atoms with Crippen LogP contribution in [0.2, 0.25) is 0 Å². The van der Waals surface area contributed by atoms with Gasteiger partial charge >= 0.3 is 0 Å². The zero-order valence-corrected chi connectivity index (χ0v) is 5.03. The molecule has 1 atom stereocenters. The Morgan fingerprint density at radius 3 is 2.43 bits per heavy atom. The van der Waals surface area contributed by atoms with Crippen molar-refractivity contribution in [2.24, 2.45) is 0 Å². The van der Waals surface area contributed by atoms with E-state index in [1.165, 1.54) is 7.05 Å². The zero-order valence-electron chi connectivity index (χ0n) is 3.46. The maximum atomic E-state index is 9.46. The Hall–Kier alpha value is 0.320. The predicted molar refractivity (Wildman–Crippen MR) is 23.6 cm³/mol. The lowest BCUT2D eigenvalue weighted by atomic mass is 11.6. The van der Waals surface area contributed by atoms with E-state index in [9.17, 15) is 8.76 Å². The lowest BCUT2D eigenvalue weighted by Crippen LogP contribution is -2.07. The first-order chi connectivity index (χ1) is 3.13. The second-order valence-electron chi connectivity index (χ2n) is 0.699. The van der Waals surface area contributed by atoms with Gasteiger partial charge in [-0.3, -0.25) is 0 Å². The highest BCUT2D eigenvalue weighted by Gasteiger charge is 1.86. The Bertz CT molecular complexity index is 75.3. The third kappa shape index (κ3) is 6.32. The highest BCUT2D eigenvalue weighted by atomic mass is 35.5. The lowest BCUT2D eigenvalue weighted by Gasteiger charge is -2.06. The fourth-order valence-electron chi connectivity index (χ4n) is 0.0839. The standard InChI is InChI=1S/CH4ClNO3S/c1-3(2)6-7(4)5/h1H3,(H,4,5)/p-1. The monoisotopic (exact) mass is 144 g/mol. The molecule has 6 heteroatoms. The molecule has 0 saturated carbocycles. The second kappa shape index (κ2) is 3.34. The minimum atomic E-state index is -2.55. The molecule has 0 heterocycles. The molecule has 0 aliphatic carbocycles. The quantitative estimate of drug-likeness (QED) is 0.306. The maximum Gasteiger partial charge on any atom is 0.107 e. The van der Waals surface area contributed by atoms with Gasteiger partial charge in [0.1, 0.15) is 11.4 Å². The Morgan fingerprint density at radius 2 is 2.43 bits per heavy atom. The number of halogens is 1. The Labute approximate surface area is 48.6 Å². The van der Waals surface area contributed by atoms with Crippen LogP contribution in [0, 0.1) is 0 Å². The van der Waals surface area contributed by atoms with E-state index in [1.807, 2.05) is 0 Å². The molecule has 0 rings (SSSR count). The van der Waals surface area contributed by atoms with E-state index in [0.29, 0.717) is 4.58 Å². The first-order valence-electron chi connectivity index (χ1n) is 1.30. The van der Waals surface area contributed by atoms with Gasteiger partial charge in [0.25, 0.3) is 0 Å². The van der Waals surface area contributed by atoms with Crippen LogP contribution in [0.15, 0.2) is 0 Å². The van der Waals surface area contributed by atoms with Crippen molar-refractivity contribution in [3.63, 3.8) is 0 Å². The van der Waals surface area contributed by atoms with Gasteiger partial charge in [-0.25, -0.2) is 4.21 Å². The molecule has 1 unspecified atom stereocenters. The summed E-state index contributed by atoms with van der Waals surface area (Å²) in [4.78, 5) is 0.